The third kappa shape index (κ3) is 4.77. The maximum atomic E-state index is 6.04. The fraction of sp³-hybridized carbons (Fsp3) is 0.263. The highest BCUT2D eigenvalue weighted by Gasteiger charge is 2.12. The van der Waals surface area contributed by atoms with Crippen molar-refractivity contribution in [1.82, 2.24) is 14.8 Å². The standard InChI is InChI=1S/C19H20ClN3OS/c1-3-23-18(12-24-17-9-7-14(2)8-10-17)21-22-19(23)25-13-15-5-4-6-16(20)11-15/h4-11H,3,12-13H2,1-2H3. The van der Waals surface area contributed by atoms with Crippen LogP contribution in [0.4, 0.5) is 0 Å². The summed E-state index contributed by atoms with van der Waals surface area (Å²) in [4.78, 5) is 0. The molecule has 1 heterocycles. The van der Waals surface area contributed by atoms with Gasteiger partial charge in [0, 0.05) is 17.3 Å². The summed E-state index contributed by atoms with van der Waals surface area (Å²) in [6.45, 7) is 5.35. The molecule has 0 saturated heterocycles. The molecular formula is C19H20ClN3OS. The summed E-state index contributed by atoms with van der Waals surface area (Å²) in [6.07, 6.45) is 0. The van der Waals surface area contributed by atoms with Gasteiger partial charge in [0.15, 0.2) is 11.0 Å². The molecule has 0 saturated carbocycles. The first kappa shape index (κ1) is 17.8. The monoisotopic (exact) mass is 373 g/mol. The number of halogens is 1. The van der Waals surface area contributed by atoms with Crippen LogP contribution in [0.3, 0.4) is 0 Å². The topological polar surface area (TPSA) is 39.9 Å². The van der Waals surface area contributed by atoms with Crippen molar-refractivity contribution in [3.63, 3.8) is 0 Å². The Bertz CT molecular complexity index is 833. The van der Waals surface area contributed by atoms with Crippen LogP contribution in [0.2, 0.25) is 5.02 Å². The van der Waals surface area contributed by atoms with Crippen molar-refractivity contribution in [2.24, 2.45) is 0 Å². The first-order valence-corrected chi connectivity index (χ1v) is 9.51. The molecule has 0 amide bonds. The van der Waals surface area contributed by atoms with Crippen LogP contribution in [0.15, 0.2) is 53.7 Å². The highest BCUT2D eigenvalue weighted by molar-refractivity contribution is 7.98. The lowest BCUT2D eigenvalue weighted by Gasteiger charge is -2.09. The Kier molecular flexibility index (Phi) is 6.00. The quantitative estimate of drug-likeness (QED) is 0.538. The zero-order valence-electron chi connectivity index (χ0n) is 14.3. The average molecular weight is 374 g/mol. The summed E-state index contributed by atoms with van der Waals surface area (Å²) >= 11 is 7.69. The first-order chi connectivity index (χ1) is 12.2. The molecule has 3 rings (SSSR count). The van der Waals surface area contributed by atoms with E-state index in [2.05, 4.69) is 34.7 Å². The highest BCUT2D eigenvalue weighted by Crippen LogP contribution is 2.24. The van der Waals surface area contributed by atoms with Gasteiger partial charge in [-0.1, -0.05) is 53.2 Å². The van der Waals surface area contributed by atoms with Crippen LogP contribution < -0.4 is 4.74 Å². The Balaban J connectivity index is 1.64. The lowest BCUT2D eigenvalue weighted by molar-refractivity contribution is 0.288. The molecule has 0 aliphatic heterocycles. The van der Waals surface area contributed by atoms with E-state index in [1.165, 1.54) is 11.1 Å². The van der Waals surface area contributed by atoms with E-state index in [1.54, 1.807) is 11.8 Å². The Morgan fingerprint density at radius 2 is 1.92 bits per heavy atom. The third-order valence-electron chi connectivity index (χ3n) is 3.76. The molecule has 0 radical (unpaired) electrons. The van der Waals surface area contributed by atoms with E-state index in [4.69, 9.17) is 16.3 Å². The van der Waals surface area contributed by atoms with Gasteiger partial charge in [0.2, 0.25) is 0 Å². The second kappa shape index (κ2) is 8.41. The normalized spacial score (nSPS) is 10.8. The molecule has 0 N–H and O–H groups in total. The molecule has 0 bridgehead atoms. The predicted octanol–water partition coefficient (Wildman–Crippen LogP) is 5.13. The number of rotatable bonds is 7. The van der Waals surface area contributed by atoms with Crippen molar-refractivity contribution < 1.29 is 4.74 Å². The Hall–Kier alpha value is -1.98. The number of ether oxygens (including phenoxy) is 1. The van der Waals surface area contributed by atoms with Crippen molar-refractivity contribution in [3.05, 3.63) is 70.5 Å². The lowest BCUT2D eigenvalue weighted by atomic mass is 10.2. The van der Waals surface area contributed by atoms with Crippen molar-refractivity contribution in [1.29, 1.82) is 0 Å². The summed E-state index contributed by atoms with van der Waals surface area (Å²) in [5.41, 5.74) is 2.38. The van der Waals surface area contributed by atoms with E-state index < -0.39 is 0 Å². The molecule has 6 heteroatoms. The molecule has 0 atom stereocenters. The number of aryl methyl sites for hydroxylation is 1. The number of thioether (sulfide) groups is 1. The summed E-state index contributed by atoms with van der Waals surface area (Å²) in [6, 6.07) is 15.9. The number of nitrogens with zero attached hydrogens (tertiary/aromatic N) is 3. The van der Waals surface area contributed by atoms with Crippen molar-refractivity contribution in [2.45, 2.75) is 37.9 Å². The zero-order chi connectivity index (χ0) is 17.6. The van der Waals surface area contributed by atoms with Crippen LogP contribution in [-0.4, -0.2) is 14.8 Å². The van der Waals surface area contributed by atoms with Crippen molar-refractivity contribution >= 4 is 23.4 Å². The van der Waals surface area contributed by atoms with Gasteiger partial charge in [-0.15, -0.1) is 10.2 Å². The minimum atomic E-state index is 0.404. The maximum absolute atomic E-state index is 6.04. The Labute approximate surface area is 157 Å². The largest absolute Gasteiger partial charge is 0.486 e. The Morgan fingerprint density at radius 1 is 1.12 bits per heavy atom. The summed E-state index contributed by atoms with van der Waals surface area (Å²) in [5, 5.41) is 10.2. The van der Waals surface area contributed by atoms with Gasteiger partial charge in [-0.05, 0) is 43.7 Å². The predicted molar refractivity (Wildman–Crippen MR) is 102 cm³/mol. The highest BCUT2D eigenvalue weighted by atomic mass is 35.5. The van der Waals surface area contributed by atoms with Crippen LogP contribution in [0, 0.1) is 6.92 Å². The van der Waals surface area contributed by atoms with Gasteiger partial charge in [-0.25, -0.2) is 0 Å². The van der Waals surface area contributed by atoms with Gasteiger partial charge in [-0.3, -0.25) is 0 Å². The molecule has 0 fully saturated rings. The number of benzene rings is 2. The van der Waals surface area contributed by atoms with Gasteiger partial charge in [-0.2, -0.15) is 0 Å². The average Bonchev–Trinajstić information content (AvgIpc) is 3.01. The molecule has 2 aromatic carbocycles. The molecule has 0 aliphatic carbocycles. The zero-order valence-corrected chi connectivity index (χ0v) is 15.8. The first-order valence-electron chi connectivity index (χ1n) is 8.14. The molecule has 3 aromatic rings. The van der Waals surface area contributed by atoms with E-state index in [0.29, 0.717) is 6.61 Å². The molecule has 25 heavy (non-hydrogen) atoms. The molecule has 0 aliphatic rings. The van der Waals surface area contributed by atoms with Crippen molar-refractivity contribution in [2.75, 3.05) is 0 Å². The molecule has 0 unspecified atom stereocenters. The van der Waals surface area contributed by atoms with Gasteiger partial charge in [0.25, 0.3) is 0 Å². The van der Waals surface area contributed by atoms with Gasteiger partial charge in [0.05, 0.1) is 0 Å². The molecule has 0 spiro atoms. The van der Waals surface area contributed by atoms with Crippen LogP contribution in [-0.2, 0) is 18.9 Å². The van der Waals surface area contributed by atoms with Gasteiger partial charge >= 0.3 is 0 Å². The smallest absolute Gasteiger partial charge is 0.191 e. The number of hydrogen-bond acceptors (Lipinski definition) is 4. The summed E-state index contributed by atoms with van der Waals surface area (Å²) in [5.74, 6) is 2.47. The fourth-order valence-corrected chi connectivity index (χ4v) is 3.58. The van der Waals surface area contributed by atoms with Crippen LogP contribution >= 0.6 is 23.4 Å². The molecule has 1 aromatic heterocycles. The maximum Gasteiger partial charge on any atom is 0.191 e. The minimum absolute atomic E-state index is 0.404. The van der Waals surface area contributed by atoms with E-state index in [0.717, 1.165) is 34.1 Å². The minimum Gasteiger partial charge on any atom is -0.486 e. The third-order valence-corrected chi connectivity index (χ3v) is 5.03. The molecular weight excluding hydrogens is 354 g/mol. The summed E-state index contributed by atoms with van der Waals surface area (Å²) in [7, 11) is 0. The van der Waals surface area contributed by atoms with Gasteiger partial charge < -0.3 is 9.30 Å². The van der Waals surface area contributed by atoms with E-state index in [9.17, 15) is 0 Å². The molecule has 4 nitrogen and oxygen atoms in total. The number of hydrogen-bond donors (Lipinski definition) is 0. The Morgan fingerprint density at radius 3 is 2.64 bits per heavy atom. The SMILES string of the molecule is CCn1c(COc2ccc(C)cc2)nnc1SCc1cccc(Cl)c1. The van der Waals surface area contributed by atoms with Crippen LogP contribution in [0.5, 0.6) is 5.75 Å². The second-order valence-corrected chi connectivity index (χ2v) is 7.04. The lowest BCUT2D eigenvalue weighted by Crippen LogP contribution is -2.07. The second-order valence-electron chi connectivity index (χ2n) is 5.66. The van der Waals surface area contributed by atoms with Crippen LogP contribution in [0.1, 0.15) is 23.9 Å². The fourth-order valence-electron chi connectivity index (χ4n) is 2.41. The number of aromatic nitrogens is 3. The summed E-state index contributed by atoms with van der Waals surface area (Å²) < 4.78 is 7.92. The van der Waals surface area contributed by atoms with Gasteiger partial charge in [0.1, 0.15) is 12.4 Å². The van der Waals surface area contributed by atoms with Crippen LogP contribution in [0.25, 0.3) is 0 Å². The van der Waals surface area contributed by atoms with E-state index in [-0.39, 0.29) is 0 Å². The van der Waals surface area contributed by atoms with E-state index in [1.807, 2.05) is 42.5 Å². The van der Waals surface area contributed by atoms with Crippen molar-refractivity contribution in [3.8, 4) is 5.75 Å². The molecule has 130 valence electrons. The van der Waals surface area contributed by atoms with E-state index >= 15 is 0 Å².